The topological polar surface area (TPSA) is 109 Å². The first-order chi connectivity index (χ1) is 15.4. The van der Waals surface area contributed by atoms with Gasteiger partial charge in [0, 0.05) is 39.1 Å². The van der Waals surface area contributed by atoms with E-state index in [1.165, 1.54) is 48.5 Å². The van der Waals surface area contributed by atoms with Crippen LogP contribution in [0.3, 0.4) is 0 Å². The Kier molecular flexibility index (Phi) is 6.61. The van der Waals surface area contributed by atoms with Gasteiger partial charge in [0.05, 0.1) is 11.2 Å². The average Bonchev–Trinajstić information content (AvgIpc) is 3.02. The molecule has 0 bridgehead atoms. The number of hydrogen-bond donors (Lipinski definition) is 3. The molecule has 0 spiro atoms. The molecule has 3 aliphatic rings. The third-order valence-corrected chi connectivity index (χ3v) is 6.45. The molecule has 4 heterocycles. The van der Waals surface area contributed by atoms with Crippen LogP contribution in [0.1, 0.15) is 38.1 Å². The number of imidazole rings is 1. The van der Waals surface area contributed by atoms with E-state index >= 15 is 4.39 Å². The number of aliphatic hydroxyl groups is 1. The van der Waals surface area contributed by atoms with Crippen LogP contribution < -0.4 is 21.2 Å². The Morgan fingerprint density at radius 1 is 1.12 bits per heavy atom. The smallest absolute Gasteiger partial charge is 0.329 e. The Labute approximate surface area is 185 Å². The van der Waals surface area contributed by atoms with E-state index in [1.807, 2.05) is 4.90 Å². The first-order valence-electron chi connectivity index (χ1n) is 11.2. The lowest BCUT2D eigenvalue weighted by atomic mass is 10.00. The van der Waals surface area contributed by atoms with Crippen LogP contribution in [0.15, 0.2) is 16.9 Å². The van der Waals surface area contributed by atoms with Gasteiger partial charge < -0.3 is 15.3 Å². The Hall–Kier alpha value is -2.72. The molecule has 0 aliphatic carbocycles. The maximum atomic E-state index is 15.1. The van der Waals surface area contributed by atoms with E-state index in [0.29, 0.717) is 24.3 Å². The summed E-state index contributed by atoms with van der Waals surface area (Å²) in [6.45, 7) is 3.67. The summed E-state index contributed by atoms with van der Waals surface area (Å²) < 4.78 is 17.6. The van der Waals surface area contributed by atoms with Gasteiger partial charge in [0.1, 0.15) is 11.6 Å². The van der Waals surface area contributed by atoms with Gasteiger partial charge in [-0.1, -0.05) is 6.42 Å². The Bertz CT molecular complexity index is 1060. The van der Waals surface area contributed by atoms with Crippen molar-refractivity contribution in [1.82, 2.24) is 19.8 Å². The zero-order chi connectivity index (χ0) is 22.8. The standard InChI is InChI=1S/C17H19FN4O4.C5H11N/c1-20-15-11(3-2-10(14(15)18)21-6-9(7-21)8-23)22(17(20)26)12-4-5-13(24)19-16(12)25;1-2-4-6-5-3-1/h2-3,9,12,23H,4-8H2,1H3,(H,19,24,25);6H,1-5H2. The molecule has 32 heavy (non-hydrogen) atoms. The Morgan fingerprint density at radius 2 is 1.84 bits per heavy atom. The van der Waals surface area contributed by atoms with Crippen molar-refractivity contribution in [1.29, 1.82) is 0 Å². The van der Waals surface area contributed by atoms with Crippen molar-refractivity contribution in [3.8, 4) is 0 Å². The highest BCUT2D eigenvalue weighted by atomic mass is 19.1. The van der Waals surface area contributed by atoms with E-state index in [-0.39, 0.29) is 36.8 Å². The number of hydrogen-bond acceptors (Lipinski definition) is 6. The van der Waals surface area contributed by atoms with Crippen molar-refractivity contribution in [3.63, 3.8) is 0 Å². The van der Waals surface area contributed by atoms with Crippen LogP contribution in [-0.4, -0.2) is 58.8 Å². The number of aliphatic hydroxyl groups excluding tert-OH is 1. The predicted octanol–water partition coefficient (Wildman–Crippen LogP) is 0.645. The van der Waals surface area contributed by atoms with Gasteiger partial charge in [-0.15, -0.1) is 0 Å². The SMILES string of the molecule is C1CCNCC1.Cn1c(=O)n(C2CCC(=O)NC2=O)c2ccc(N3CC(CO)C3)c(F)c21. The quantitative estimate of drug-likeness (QED) is 0.596. The van der Waals surface area contributed by atoms with Crippen molar-refractivity contribution >= 4 is 28.5 Å². The molecule has 0 radical (unpaired) electrons. The number of rotatable bonds is 3. The maximum Gasteiger partial charge on any atom is 0.329 e. The molecule has 5 rings (SSSR count). The molecule has 3 saturated heterocycles. The molecule has 2 aromatic rings. The van der Waals surface area contributed by atoms with Crippen LogP contribution in [0.2, 0.25) is 0 Å². The van der Waals surface area contributed by atoms with Crippen molar-refractivity contribution in [3.05, 3.63) is 28.4 Å². The third kappa shape index (κ3) is 4.16. The number of imide groups is 1. The van der Waals surface area contributed by atoms with Crippen LogP contribution in [0.25, 0.3) is 11.0 Å². The molecule has 10 heteroatoms. The van der Waals surface area contributed by atoms with Crippen molar-refractivity contribution in [2.75, 3.05) is 37.7 Å². The molecule has 0 saturated carbocycles. The number of anilines is 1. The monoisotopic (exact) mass is 447 g/mol. The summed E-state index contributed by atoms with van der Waals surface area (Å²) in [6, 6.07) is 2.38. The summed E-state index contributed by atoms with van der Waals surface area (Å²) in [5.41, 5.74) is 0.331. The molecule has 1 unspecified atom stereocenters. The zero-order valence-electron chi connectivity index (χ0n) is 18.3. The highest BCUT2D eigenvalue weighted by Gasteiger charge is 2.33. The van der Waals surface area contributed by atoms with Crippen molar-refractivity contribution in [2.24, 2.45) is 13.0 Å². The largest absolute Gasteiger partial charge is 0.396 e. The number of nitrogens with one attached hydrogen (secondary N) is 2. The first kappa shape index (κ1) is 22.5. The van der Waals surface area contributed by atoms with E-state index in [4.69, 9.17) is 5.11 Å². The van der Waals surface area contributed by atoms with Gasteiger partial charge in [0.2, 0.25) is 11.8 Å². The highest BCUT2D eigenvalue weighted by molar-refractivity contribution is 6.00. The second-order valence-electron chi connectivity index (χ2n) is 8.71. The van der Waals surface area contributed by atoms with E-state index < -0.39 is 23.5 Å². The number of carbonyl (C=O) groups is 2. The fourth-order valence-electron chi connectivity index (χ4n) is 4.58. The second-order valence-corrected chi connectivity index (χ2v) is 8.71. The van der Waals surface area contributed by atoms with Crippen LogP contribution in [0.4, 0.5) is 10.1 Å². The number of aromatic nitrogens is 2. The number of aryl methyl sites for hydroxylation is 1. The van der Waals surface area contributed by atoms with E-state index in [2.05, 4.69) is 10.6 Å². The van der Waals surface area contributed by atoms with E-state index in [1.54, 1.807) is 12.1 Å². The summed E-state index contributed by atoms with van der Waals surface area (Å²) in [7, 11) is 1.46. The molecule has 3 N–H and O–H groups in total. The molecular formula is C22H30FN5O4. The molecule has 3 fully saturated rings. The van der Waals surface area contributed by atoms with Crippen molar-refractivity contribution < 1.29 is 19.1 Å². The lowest BCUT2D eigenvalue weighted by molar-refractivity contribution is -0.135. The van der Waals surface area contributed by atoms with Gasteiger partial charge >= 0.3 is 5.69 Å². The van der Waals surface area contributed by atoms with Crippen molar-refractivity contribution in [2.45, 2.75) is 38.1 Å². The predicted molar refractivity (Wildman–Crippen MR) is 118 cm³/mol. The molecular weight excluding hydrogens is 417 g/mol. The number of amides is 2. The third-order valence-electron chi connectivity index (χ3n) is 6.45. The van der Waals surface area contributed by atoms with E-state index in [0.717, 1.165) is 0 Å². The first-order valence-corrected chi connectivity index (χ1v) is 11.2. The normalized spacial score (nSPS) is 21.7. The summed E-state index contributed by atoms with van der Waals surface area (Å²) >= 11 is 0. The van der Waals surface area contributed by atoms with Crippen LogP contribution >= 0.6 is 0 Å². The van der Waals surface area contributed by atoms with Gasteiger partial charge in [-0.25, -0.2) is 9.18 Å². The molecule has 174 valence electrons. The minimum absolute atomic E-state index is 0.0603. The van der Waals surface area contributed by atoms with Crippen LogP contribution in [-0.2, 0) is 16.6 Å². The average molecular weight is 448 g/mol. The fraction of sp³-hybridized carbons (Fsp3) is 0.591. The minimum Gasteiger partial charge on any atom is -0.396 e. The zero-order valence-corrected chi connectivity index (χ0v) is 18.3. The second kappa shape index (κ2) is 9.41. The van der Waals surface area contributed by atoms with Crippen LogP contribution in [0.5, 0.6) is 0 Å². The van der Waals surface area contributed by atoms with Crippen LogP contribution in [0, 0.1) is 11.7 Å². The van der Waals surface area contributed by atoms with Gasteiger partial charge in [-0.2, -0.15) is 0 Å². The lowest BCUT2D eigenvalue weighted by Gasteiger charge is -2.40. The summed E-state index contributed by atoms with van der Waals surface area (Å²) in [5, 5.41) is 14.6. The number of benzene rings is 1. The van der Waals surface area contributed by atoms with E-state index in [9.17, 15) is 14.4 Å². The summed E-state index contributed by atoms with van der Waals surface area (Å²) in [6.07, 6.45) is 4.56. The molecule has 9 nitrogen and oxygen atoms in total. The lowest BCUT2D eigenvalue weighted by Crippen LogP contribution is -2.48. The Balaban J connectivity index is 0.000000354. The van der Waals surface area contributed by atoms with Gasteiger partial charge in [-0.05, 0) is 44.5 Å². The fourth-order valence-corrected chi connectivity index (χ4v) is 4.58. The number of piperidine rings is 2. The number of nitrogens with zero attached hydrogens (tertiary/aromatic N) is 3. The minimum atomic E-state index is -0.836. The highest BCUT2D eigenvalue weighted by Crippen LogP contribution is 2.32. The number of fused-ring (bicyclic) bond motifs is 1. The molecule has 1 aromatic carbocycles. The number of carbonyl (C=O) groups excluding carboxylic acids is 2. The van der Waals surface area contributed by atoms with Gasteiger partial charge in [0.25, 0.3) is 0 Å². The molecule has 2 amide bonds. The van der Waals surface area contributed by atoms with Gasteiger partial charge in [0.15, 0.2) is 5.82 Å². The molecule has 1 atom stereocenters. The summed E-state index contributed by atoms with van der Waals surface area (Å²) in [5.74, 6) is -1.32. The molecule has 1 aromatic heterocycles. The number of halogens is 1. The Morgan fingerprint density at radius 3 is 2.41 bits per heavy atom. The van der Waals surface area contributed by atoms with Gasteiger partial charge in [-0.3, -0.25) is 24.0 Å². The summed E-state index contributed by atoms with van der Waals surface area (Å²) in [4.78, 5) is 38.0. The maximum absolute atomic E-state index is 15.1. The molecule has 3 aliphatic heterocycles.